The standard InChI is InChI=1S/C23H37O2PSi2.BrH.Li/c1-24-17-19-13-9-11-15-21(19)26(23(27(3,4)5)28(6,7)8)22-16-12-10-14-20(22)18-25-2;;/h9-16,23H,17-18H2,1-8H3;1H;/q;;+1/p-1. The number of ether oxygens (including phenoxy) is 2. The summed E-state index contributed by atoms with van der Waals surface area (Å²) in [6.07, 6.45) is 0. The van der Waals surface area contributed by atoms with Crippen LogP contribution in [-0.2, 0) is 22.7 Å². The Morgan fingerprint density at radius 3 is 1.33 bits per heavy atom. The minimum Gasteiger partial charge on any atom is -1.00 e. The molecule has 0 bridgehead atoms. The van der Waals surface area contributed by atoms with Crippen LogP contribution >= 0.6 is 7.92 Å². The van der Waals surface area contributed by atoms with Gasteiger partial charge in [-0.3, -0.25) is 0 Å². The van der Waals surface area contributed by atoms with Crippen molar-refractivity contribution < 1.29 is 45.3 Å². The summed E-state index contributed by atoms with van der Waals surface area (Å²) in [6, 6.07) is 17.9. The van der Waals surface area contributed by atoms with Gasteiger partial charge in [-0.1, -0.05) is 87.8 Å². The number of halogens is 1. The van der Waals surface area contributed by atoms with E-state index in [9.17, 15) is 0 Å². The second kappa shape index (κ2) is 13.1. The van der Waals surface area contributed by atoms with Crippen molar-refractivity contribution in [3.63, 3.8) is 0 Å². The first-order valence-corrected chi connectivity index (χ1v) is 18.6. The van der Waals surface area contributed by atoms with Gasteiger partial charge >= 0.3 is 18.9 Å². The average Bonchev–Trinajstić information content (AvgIpc) is 2.59. The van der Waals surface area contributed by atoms with Crippen molar-refractivity contribution >= 4 is 34.7 Å². The SMILES string of the molecule is COCc1ccccc1P(c1ccccc1COC)C([Si](C)(C)C)[Si](C)(C)C.[Br-].[Li+]. The van der Waals surface area contributed by atoms with Crippen molar-refractivity contribution in [1.29, 1.82) is 0 Å². The molecule has 0 atom stereocenters. The minimum atomic E-state index is -1.43. The van der Waals surface area contributed by atoms with Gasteiger partial charge in [0.15, 0.2) is 0 Å². The van der Waals surface area contributed by atoms with Crippen LogP contribution in [0.4, 0.5) is 0 Å². The third-order valence-corrected chi connectivity index (χ3v) is 22.1. The number of benzene rings is 2. The van der Waals surface area contributed by atoms with E-state index in [0.29, 0.717) is 13.2 Å². The molecule has 0 spiro atoms. The zero-order valence-corrected chi connectivity index (χ0v) is 24.7. The predicted molar refractivity (Wildman–Crippen MR) is 131 cm³/mol. The van der Waals surface area contributed by atoms with E-state index >= 15 is 0 Å². The largest absolute Gasteiger partial charge is 1.00 e. The molecule has 0 amide bonds. The predicted octanol–water partition coefficient (Wildman–Crippen LogP) is -0.456. The van der Waals surface area contributed by atoms with E-state index in [-0.39, 0.29) is 35.8 Å². The number of hydrogen-bond acceptors (Lipinski definition) is 2. The quantitative estimate of drug-likeness (QED) is 0.330. The first-order valence-electron chi connectivity index (χ1n) is 10.0. The smallest absolute Gasteiger partial charge is 1.00 e. The molecule has 2 rings (SSSR count). The van der Waals surface area contributed by atoms with Crippen molar-refractivity contribution in [2.75, 3.05) is 14.2 Å². The fourth-order valence-corrected chi connectivity index (χ4v) is 25.0. The molecule has 2 aromatic rings. The van der Waals surface area contributed by atoms with Crippen LogP contribution in [-0.4, -0.2) is 35.3 Å². The Morgan fingerprint density at radius 2 is 1.03 bits per heavy atom. The van der Waals surface area contributed by atoms with Crippen LogP contribution < -0.4 is 46.5 Å². The van der Waals surface area contributed by atoms with E-state index in [1.54, 1.807) is 14.2 Å². The van der Waals surface area contributed by atoms with Gasteiger partial charge in [-0.25, -0.2) is 0 Å². The van der Waals surface area contributed by atoms with Crippen LogP contribution in [0.5, 0.6) is 0 Å². The van der Waals surface area contributed by atoms with Crippen molar-refractivity contribution in [3.8, 4) is 0 Å². The zero-order valence-electron chi connectivity index (χ0n) is 20.3. The molecule has 0 heterocycles. The van der Waals surface area contributed by atoms with Crippen LogP contribution in [0.3, 0.4) is 0 Å². The monoisotopic (exact) mass is 518 g/mol. The summed E-state index contributed by atoms with van der Waals surface area (Å²) >= 11 is 0. The van der Waals surface area contributed by atoms with Gasteiger partial charge in [0.05, 0.1) is 13.2 Å². The van der Waals surface area contributed by atoms with E-state index < -0.39 is 24.1 Å². The van der Waals surface area contributed by atoms with Gasteiger partial charge in [0, 0.05) is 30.4 Å². The molecular formula is C23H37BrLiO2PSi2. The Bertz CT molecular complexity index is 715. The fraction of sp³-hybridized carbons (Fsp3) is 0.478. The van der Waals surface area contributed by atoms with E-state index in [1.807, 2.05) is 0 Å². The normalized spacial score (nSPS) is 11.9. The molecular weight excluding hydrogens is 482 g/mol. The number of rotatable bonds is 9. The Kier molecular flexibility index (Phi) is 13.2. The number of methoxy groups -OCH3 is 2. The molecule has 0 aliphatic heterocycles. The molecule has 162 valence electrons. The van der Waals surface area contributed by atoms with Gasteiger partial charge < -0.3 is 26.5 Å². The maximum Gasteiger partial charge on any atom is 1.00 e. The van der Waals surface area contributed by atoms with E-state index in [2.05, 4.69) is 87.8 Å². The molecule has 0 radical (unpaired) electrons. The molecule has 2 aromatic carbocycles. The van der Waals surface area contributed by atoms with Crippen molar-refractivity contribution in [1.82, 2.24) is 0 Å². The molecule has 0 fully saturated rings. The van der Waals surface area contributed by atoms with Gasteiger partial charge in [-0.05, 0) is 34.6 Å². The number of hydrogen-bond donors (Lipinski definition) is 0. The third kappa shape index (κ3) is 7.71. The molecule has 0 N–H and O–H groups in total. The third-order valence-electron chi connectivity index (χ3n) is 5.00. The molecule has 0 saturated heterocycles. The summed E-state index contributed by atoms with van der Waals surface area (Å²) in [5.41, 5.74) is 2.68. The molecule has 0 unspecified atom stereocenters. The van der Waals surface area contributed by atoms with Gasteiger partial charge in [-0.2, -0.15) is 0 Å². The molecule has 0 aliphatic rings. The molecule has 2 nitrogen and oxygen atoms in total. The Hall–Kier alpha value is 0.301. The van der Waals surface area contributed by atoms with E-state index in [0.717, 1.165) is 4.91 Å². The maximum absolute atomic E-state index is 5.59. The van der Waals surface area contributed by atoms with Crippen molar-refractivity contribution in [3.05, 3.63) is 59.7 Å². The topological polar surface area (TPSA) is 18.5 Å². The Labute approximate surface area is 210 Å². The van der Waals surface area contributed by atoms with Crippen LogP contribution in [0.2, 0.25) is 39.3 Å². The second-order valence-electron chi connectivity index (χ2n) is 9.63. The summed E-state index contributed by atoms with van der Waals surface area (Å²) < 4.78 is 11.2. The van der Waals surface area contributed by atoms with Gasteiger partial charge in [0.1, 0.15) is 0 Å². The average molecular weight is 520 g/mol. The summed E-state index contributed by atoms with van der Waals surface area (Å²) in [7, 11) is 0.237. The summed E-state index contributed by atoms with van der Waals surface area (Å²) in [6.45, 7) is 16.7. The van der Waals surface area contributed by atoms with Crippen LogP contribution in [0.15, 0.2) is 48.5 Å². The first-order chi connectivity index (χ1) is 13.1. The zero-order chi connectivity index (χ0) is 20.9. The maximum atomic E-state index is 5.59. The summed E-state index contributed by atoms with van der Waals surface area (Å²) in [5, 5.41) is 3.00. The fourth-order valence-electron chi connectivity index (χ4n) is 4.53. The summed E-state index contributed by atoms with van der Waals surface area (Å²) in [4.78, 5) is 0.769. The molecule has 0 aromatic heterocycles. The van der Waals surface area contributed by atoms with Crippen LogP contribution in [0, 0.1) is 0 Å². The Balaban J connectivity index is 0.00000420. The van der Waals surface area contributed by atoms with Crippen molar-refractivity contribution in [2.45, 2.75) is 57.4 Å². The molecule has 7 heteroatoms. The molecule has 30 heavy (non-hydrogen) atoms. The van der Waals surface area contributed by atoms with Crippen LogP contribution in [0.25, 0.3) is 0 Å². The second-order valence-corrected chi connectivity index (χ2v) is 24.0. The van der Waals surface area contributed by atoms with Gasteiger partial charge in [-0.15, -0.1) is 0 Å². The van der Waals surface area contributed by atoms with E-state index in [1.165, 1.54) is 21.7 Å². The van der Waals surface area contributed by atoms with Crippen molar-refractivity contribution in [2.24, 2.45) is 0 Å². The van der Waals surface area contributed by atoms with E-state index in [4.69, 9.17) is 9.47 Å². The first kappa shape index (κ1) is 30.3. The van der Waals surface area contributed by atoms with Crippen LogP contribution in [0.1, 0.15) is 11.1 Å². The summed E-state index contributed by atoms with van der Waals surface area (Å²) in [5.74, 6) is 0. The molecule has 0 saturated carbocycles. The van der Waals surface area contributed by atoms with Gasteiger partial charge in [0.25, 0.3) is 0 Å². The molecule has 0 aliphatic carbocycles. The Morgan fingerprint density at radius 1 is 0.700 bits per heavy atom. The minimum absolute atomic E-state index is 0. The van der Waals surface area contributed by atoms with Gasteiger partial charge in [0.2, 0.25) is 0 Å².